The average molecular weight is 401 g/mol. The van der Waals surface area contributed by atoms with Gasteiger partial charge in [0.15, 0.2) is 5.78 Å². The van der Waals surface area contributed by atoms with Gasteiger partial charge in [-0.2, -0.15) is 4.31 Å². The summed E-state index contributed by atoms with van der Waals surface area (Å²) in [6.07, 6.45) is 0. The molecule has 0 radical (unpaired) electrons. The van der Waals surface area contributed by atoms with Gasteiger partial charge in [0.25, 0.3) is 5.91 Å². The number of benzene rings is 2. The van der Waals surface area contributed by atoms with Crippen LogP contribution in [0, 0.1) is 13.8 Å². The number of ketones is 1. The minimum Gasteiger partial charge on any atom is -0.336 e. The minimum atomic E-state index is -3.65. The maximum absolute atomic E-state index is 12.8. The number of hydrogen-bond acceptors (Lipinski definition) is 4. The Balaban J connectivity index is 1.70. The van der Waals surface area contributed by atoms with Gasteiger partial charge in [-0.25, -0.2) is 8.42 Å². The number of amides is 1. The van der Waals surface area contributed by atoms with Gasteiger partial charge in [-0.15, -0.1) is 0 Å². The van der Waals surface area contributed by atoms with E-state index < -0.39 is 10.0 Å². The van der Waals surface area contributed by atoms with Crippen LogP contribution in [0.15, 0.2) is 47.4 Å². The molecule has 0 aliphatic carbocycles. The van der Waals surface area contributed by atoms with Gasteiger partial charge in [-0.05, 0) is 45.0 Å². The third kappa shape index (κ3) is 4.15. The van der Waals surface area contributed by atoms with Gasteiger partial charge < -0.3 is 4.90 Å². The fraction of sp³-hybridized carbons (Fsp3) is 0.333. The molecule has 1 aliphatic rings. The molecular formula is C21H24N2O4S. The first-order chi connectivity index (χ1) is 13.2. The quantitative estimate of drug-likeness (QED) is 0.740. The number of hydrogen-bond donors (Lipinski definition) is 0. The standard InChI is InChI=1S/C21H24N2O4S/c1-15-12-16(2)14-19(13-15)21(25)22-8-10-23(11-9-22)28(26,27)20-6-4-18(5-7-20)17(3)24/h4-7,12-14H,8-11H2,1-3H3. The number of piperazine rings is 1. The van der Waals surface area contributed by atoms with Crippen molar-refractivity contribution in [3.63, 3.8) is 0 Å². The summed E-state index contributed by atoms with van der Waals surface area (Å²) in [6, 6.07) is 11.7. The van der Waals surface area contributed by atoms with Gasteiger partial charge in [-0.3, -0.25) is 9.59 Å². The topological polar surface area (TPSA) is 74.8 Å². The summed E-state index contributed by atoms with van der Waals surface area (Å²) >= 11 is 0. The Bertz CT molecular complexity index is 985. The van der Waals surface area contributed by atoms with Crippen LogP contribution >= 0.6 is 0 Å². The number of sulfonamides is 1. The van der Waals surface area contributed by atoms with Crippen LogP contribution in [-0.4, -0.2) is 55.5 Å². The van der Waals surface area contributed by atoms with Crippen LogP contribution in [0.1, 0.15) is 38.8 Å². The molecule has 28 heavy (non-hydrogen) atoms. The van der Waals surface area contributed by atoms with Gasteiger partial charge >= 0.3 is 0 Å². The lowest BCUT2D eigenvalue weighted by atomic mass is 10.1. The molecule has 0 bridgehead atoms. The van der Waals surface area contributed by atoms with Gasteiger partial charge in [0.1, 0.15) is 0 Å². The predicted octanol–water partition coefficient (Wildman–Crippen LogP) is 2.65. The molecule has 148 valence electrons. The molecule has 1 amide bonds. The smallest absolute Gasteiger partial charge is 0.253 e. The molecule has 7 heteroatoms. The maximum Gasteiger partial charge on any atom is 0.253 e. The van der Waals surface area contributed by atoms with Crippen LogP contribution in [0.2, 0.25) is 0 Å². The fourth-order valence-electron chi connectivity index (χ4n) is 3.42. The lowest BCUT2D eigenvalue weighted by Crippen LogP contribution is -2.50. The zero-order chi connectivity index (χ0) is 20.5. The highest BCUT2D eigenvalue weighted by Crippen LogP contribution is 2.20. The van der Waals surface area contributed by atoms with E-state index in [-0.39, 0.29) is 29.7 Å². The highest BCUT2D eigenvalue weighted by Gasteiger charge is 2.30. The largest absolute Gasteiger partial charge is 0.336 e. The number of Topliss-reactive ketones (excluding diaryl/α,β-unsaturated/α-hetero) is 1. The summed E-state index contributed by atoms with van der Waals surface area (Å²) < 4.78 is 27.1. The predicted molar refractivity (Wildman–Crippen MR) is 107 cm³/mol. The van der Waals surface area contributed by atoms with Crippen molar-refractivity contribution in [2.75, 3.05) is 26.2 Å². The molecule has 1 aliphatic heterocycles. The lowest BCUT2D eigenvalue weighted by Gasteiger charge is -2.34. The number of aryl methyl sites for hydroxylation is 2. The molecule has 2 aromatic rings. The summed E-state index contributed by atoms with van der Waals surface area (Å²) in [7, 11) is -3.65. The Kier molecular flexibility index (Phi) is 5.67. The van der Waals surface area contributed by atoms with Crippen molar-refractivity contribution in [1.29, 1.82) is 0 Å². The summed E-state index contributed by atoms with van der Waals surface area (Å²) in [5, 5.41) is 0. The van der Waals surface area contributed by atoms with E-state index in [0.717, 1.165) is 11.1 Å². The summed E-state index contributed by atoms with van der Waals surface area (Å²) in [6.45, 7) is 6.51. The fourth-order valence-corrected chi connectivity index (χ4v) is 4.85. The van der Waals surface area contributed by atoms with Crippen molar-refractivity contribution >= 4 is 21.7 Å². The summed E-state index contributed by atoms with van der Waals surface area (Å²) in [5.74, 6) is -0.183. The second-order valence-electron chi connectivity index (χ2n) is 7.15. The van der Waals surface area contributed by atoms with Crippen LogP contribution in [0.4, 0.5) is 0 Å². The van der Waals surface area contributed by atoms with E-state index in [1.54, 1.807) is 4.90 Å². The first kappa shape index (κ1) is 20.2. The first-order valence-electron chi connectivity index (χ1n) is 9.17. The SMILES string of the molecule is CC(=O)c1ccc(S(=O)(=O)N2CCN(C(=O)c3cc(C)cc(C)c3)CC2)cc1. The van der Waals surface area contributed by atoms with Crippen molar-refractivity contribution in [3.8, 4) is 0 Å². The lowest BCUT2D eigenvalue weighted by molar-refractivity contribution is 0.0697. The molecule has 1 fully saturated rings. The number of carbonyl (C=O) groups is 2. The molecule has 6 nitrogen and oxygen atoms in total. The van der Waals surface area contributed by atoms with Crippen LogP contribution < -0.4 is 0 Å². The van der Waals surface area contributed by atoms with E-state index in [2.05, 4.69) is 0 Å². The maximum atomic E-state index is 12.8. The van der Waals surface area contributed by atoms with Crippen molar-refractivity contribution < 1.29 is 18.0 Å². The van der Waals surface area contributed by atoms with E-state index in [0.29, 0.717) is 24.2 Å². The third-order valence-electron chi connectivity index (χ3n) is 4.89. The highest BCUT2D eigenvalue weighted by atomic mass is 32.2. The van der Waals surface area contributed by atoms with E-state index in [1.807, 2.05) is 32.0 Å². The molecule has 0 spiro atoms. The molecule has 0 aromatic heterocycles. The monoisotopic (exact) mass is 400 g/mol. The van der Waals surface area contributed by atoms with Gasteiger partial charge in [0.05, 0.1) is 4.90 Å². The number of carbonyl (C=O) groups excluding carboxylic acids is 2. The second kappa shape index (κ2) is 7.85. The van der Waals surface area contributed by atoms with Crippen LogP contribution in [0.5, 0.6) is 0 Å². The van der Waals surface area contributed by atoms with Crippen molar-refractivity contribution in [1.82, 2.24) is 9.21 Å². The van der Waals surface area contributed by atoms with Crippen LogP contribution in [-0.2, 0) is 10.0 Å². The molecule has 0 N–H and O–H groups in total. The zero-order valence-corrected chi connectivity index (χ0v) is 17.1. The zero-order valence-electron chi connectivity index (χ0n) is 16.3. The molecular weight excluding hydrogens is 376 g/mol. The Labute approximate surface area is 165 Å². The summed E-state index contributed by atoms with van der Waals surface area (Å²) in [5.41, 5.74) is 3.16. The van der Waals surface area contributed by atoms with Gasteiger partial charge in [-0.1, -0.05) is 29.3 Å². The Morgan fingerprint density at radius 3 is 1.86 bits per heavy atom. The molecule has 3 rings (SSSR count). The number of rotatable bonds is 4. The molecule has 0 unspecified atom stereocenters. The van der Waals surface area contributed by atoms with E-state index >= 15 is 0 Å². The molecule has 0 atom stereocenters. The van der Waals surface area contributed by atoms with E-state index in [1.165, 1.54) is 35.5 Å². The molecule has 1 saturated heterocycles. The Morgan fingerprint density at radius 2 is 1.36 bits per heavy atom. The Hall–Kier alpha value is -2.51. The number of nitrogens with zero attached hydrogens (tertiary/aromatic N) is 2. The van der Waals surface area contributed by atoms with Crippen molar-refractivity contribution in [2.45, 2.75) is 25.7 Å². The van der Waals surface area contributed by atoms with Gasteiger partial charge in [0, 0.05) is 37.3 Å². The molecule has 1 heterocycles. The average Bonchev–Trinajstić information content (AvgIpc) is 2.67. The minimum absolute atomic E-state index is 0.0744. The van der Waals surface area contributed by atoms with Gasteiger partial charge in [0.2, 0.25) is 10.0 Å². The summed E-state index contributed by atoms with van der Waals surface area (Å²) in [4.78, 5) is 26.0. The third-order valence-corrected chi connectivity index (χ3v) is 6.81. The Morgan fingerprint density at radius 1 is 0.821 bits per heavy atom. The normalized spacial score (nSPS) is 15.5. The van der Waals surface area contributed by atoms with Crippen molar-refractivity contribution in [3.05, 3.63) is 64.7 Å². The first-order valence-corrected chi connectivity index (χ1v) is 10.6. The molecule has 0 saturated carbocycles. The second-order valence-corrected chi connectivity index (χ2v) is 9.09. The molecule has 2 aromatic carbocycles. The van der Waals surface area contributed by atoms with E-state index in [9.17, 15) is 18.0 Å². The van der Waals surface area contributed by atoms with E-state index in [4.69, 9.17) is 0 Å². The van der Waals surface area contributed by atoms with Crippen molar-refractivity contribution in [2.24, 2.45) is 0 Å². The van der Waals surface area contributed by atoms with Crippen LogP contribution in [0.25, 0.3) is 0 Å². The van der Waals surface area contributed by atoms with Crippen LogP contribution in [0.3, 0.4) is 0 Å². The highest BCUT2D eigenvalue weighted by molar-refractivity contribution is 7.89.